The van der Waals surface area contributed by atoms with E-state index in [1.807, 2.05) is 23.8 Å². The van der Waals surface area contributed by atoms with Crippen molar-refractivity contribution >= 4 is 38.6 Å². The summed E-state index contributed by atoms with van der Waals surface area (Å²) in [5, 5.41) is 4.82. The Bertz CT molecular complexity index is 1130. The zero-order chi connectivity index (χ0) is 21.3. The van der Waals surface area contributed by atoms with Crippen molar-refractivity contribution in [3.05, 3.63) is 57.5 Å². The van der Waals surface area contributed by atoms with E-state index >= 15 is 0 Å². The lowest BCUT2D eigenvalue weighted by atomic mass is 10.1. The Balaban J connectivity index is 1.39. The monoisotopic (exact) mass is 465 g/mol. The second-order valence-corrected chi connectivity index (χ2v) is 10.6. The first-order valence-electron chi connectivity index (χ1n) is 9.40. The van der Waals surface area contributed by atoms with E-state index in [1.54, 1.807) is 16.2 Å². The summed E-state index contributed by atoms with van der Waals surface area (Å²) in [6.45, 7) is 2.75. The van der Waals surface area contributed by atoms with E-state index in [9.17, 15) is 17.6 Å². The Labute approximate surface area is 182 Å². The Morgan fingerprint density at radius 1 is 1.20 bits per heavy atom. The number of rotatable bonds is 5. The van der Waals surface area contributed by atoms with Crippen LogP contribution in [-0.4, -0.2) is 43.3 Å². The quantitative estimate of drug-likeness (QED) is 0.620. The summed E-state index contributed by atoms with van der Waals surface area (Å²) in [6, 6.07) is 6.44. The molecule has 1 saturated heterocycles. The zero-order valence-corrected chi connectivity index (χ0v) is 18.6. The molecule has 1 aromatic carbocycles. The van der Waals surface area contributed by atoms with Crippen molar-refractivity contribution in [3.63, 3.8) is 0 Å². The van der Waals surface area contributed by atoms with Gasteiger partial charge in [0.05, 0.1) is 10.6 Å². The fourth-order valence-corrected chi connectivity index (χ4v) is 6.40. The molecule has 1 aliphatic rings. The Kier molecular flexibility index (Phi) is 6.01. The molecule has 0 radical (unpaired) electrons. The van der Waals surface area contributed by atoms with Crippen LogP contribution in [0.3, 0.4) is 0 Å². The maximum absolute atomic E-state index is 13.0. The number of hydrogen-bond acceptors (Lipinski definition) is 6. The minimum atomic E-state index is -3.72. The van der Waals surface area contributed by atoms with Gasteiger partial charge in [0.2, 0.25) is 10.0 Å². The molecule has 3 aromatic rings. The molecular weight excluding hydrogens is 445 g/mol. The molecule has 158 valence electrons. The molecule has 6 nitrogen and oxygen atoms in total. The molecule has 2 aromatic heterocycles. The van der Waals surface area contributed by atoms with E-state index in [2.05, 4.69) is 9.71 Å². The molecule has 0 spiro atoms. The number of aromatic nitrogens is 1. The summed E-state index contributed by atoms with van der Waals surface area (Å²) in [5.41, 5.74) is 1.73. The third-order valence-corrected chi connectivity index (χ3v) is 8.40. The first-order chi connectivity index (χ1) is 14.3. The molecule has 0 saturated carbocycles. The van der Waals surface area contributed by atoms with E-state index in [0.29, 0.717) is 36.5 Å². The number of halogens is 1. The van der Waals surface area contributed by atoms with Gasteiger partial charge in [0.25, 0.3) is 5.91 Å². The molecule has 4 rings (SSSR count). The minimum Gasteiger partial charge on any atom is -0.338 e. The van der Waals surface area contributed by atoms with Crippen LogP contribution in [0.1, 0.15) is 28.2 Å². The predicted molar refractivity (Wildman–Crippen MR) is 116 cm³/mol. The number of carbonyl (C=O) groups excluding carboxylic acids is 1. The lowest BCUT2D eigenvalue weighted by Crippen LogP contribution is -2.46. The van der Waals surface area contributed by atoms with E-state index in [0.717, 1.165) is 22.7 Å². The highest BCUT2D eigenvalue weighted by molar-refractivity contribution is 7.89. The number of thiophene rings is 1. The number of likely N-dealkylation sites (tertiary alicyclic amines) is 1. The van der Waals surface area contributed by atoms with Crippen LogP contribution < -0.4 is 4.72 Å². The molecule has 0 unspecified atom stereocenters. The predicted octanol–water partition coefficient (Wildman–Crippen LogP) is 3.90. The Hall–Kier alpha value is -2.14. The summed E-state index contributed by atoms with van der Waals surface area (Å²) in [6.07, 6.45) is 1.03. The van der Waals surface area contributed by atoms with Crippen molar-refractivity contribution in [3.8, 4) is 10.6 Å². The summed E-state index contributed by atoms with van der Waals surface area (Å²) >= 11 is 2.98. The second kappa shape index (κ2) is 8.54. The van der Waals surface area contributed by atoms with E-state index < -0.39 is 15.8 Å². The van der Waals surface area contributed by atoms with Crippen molar-refractivity contribution < 1.29 is 17.6 Å². The maximum Gasteiger partial charge on any atom is 0.265 e. The summed E-state index contributed by atoms with van der Waals surface area (Å²) in [4.78, 5) is 19.9. The molecule has 30 heavy (non-hydrogen) atoms. The number of hydrogen-bond donors (Lipinski definition) is 1. The number of piperidine rings is 1. The van der Waals surface area contributed by atoms with Gasteiger partial charge in [-0.05, 0) is 55.5 Å². The molecule has 0 aliphatic carbocycles. The van der Waals surface area contributed by atoms with Crippen LogP contribution in [0.15, 0.2) is 46.0 Å². The SMILES string of the molecule is Cc1nc(-c2ccsc2)sc1C(=O)N1CCC(NS(=O)(=O)c2ccc(F)cc2)CC1. The topological polar surface area (TPSA) is 79.4 Å². The van der Waals surface area contributed by atoms with Gasteiger partial charge >= 0.3 is 0 Å². The highest BCUT2D eigenvalue weighted by Gasteiger charge is 2.29. The highest BCUT2D eigenvalue weighted by atomic mass is 32.2. The number of aryl methyl sites for hydroxylation is 1. The summed E-state index contributed by atoms with van der Waals surface area (Å²) in [7, 11) is -3.72. The molecule has 1 N–H and O–H groups in total. The number of amides is 1. The maximum atomic E-state index is 13.0. The first-order valence-corrected chi connectivity index (χ1v) is 12.6. The van der Waals surface area contributed by atoms with E-state index in [4.69, 9.17) is 0 Å². The van der Waals surface area contributed by atoms with Gasteiger partial charge in [0, 0.05) is 30.1 Å². The van der Waals surface area contributed by atoms with Crippen LogP contribution in [0.2, 0.25) is 0 Å². The average molecular weight is 466 g/mol. The zero-order valence-electron chi connectivity index (χ0n) is 16.2. The van der Waals surface area contributed by atoms with Gasteiger partial charge in [-0.15, -0.1) is 11.3 Å². The molecule has 0 bridgehead atoms. The number of nitrogens with one attached hydrogen (secondary N) is 1. The van der Waals surface area contributed by atoms with Crippen LogP contribution in [0.25, 0.3) is 10.6 Å². The molecule has 0 atom stereocenters. The molecule has 10 heteroatoms. The second-order valence-electron chi connectivity index (χ2n) is 7.09. The third-order valence-electron chi connectivity index (χ3n) is 4.99. The van der Waals surface area contributed by atoms with E-state index in [1.165, 1.54) is 23.5 Å². The average Bonchev–Trinajstić information content (AvgIpc) is 3.38. The molecule has 1 amide bonds. The normalized spacial score (nSPS) is 15.5. The van der Waals surface area contributed by atoms with Crippen molar-refractivity contribution in [2.75, 3.05) is 13.1 Å². The van der Waals surface area contributed by atoms with Crippen molar-refractivity contribution in [2.45, 2.75) is 30.7 Å². The lowest BCUT2D eigenvalue weighted by molar-refractivity contribution is 0.0715. The first kappa shape index (κ1) is 21.1. The van der Waals surface area contributed by atoms with Gasteiger partial charge in [-0.2, -0.15) is 11.3 Å². The van der Waals surface area contributed by atoms with Crippen LogP contribution >= 0.6 is 22.7 Å². The largest absolute Gasteiger partial charge is 0.338 e. The third kappa shape index (κ3) is 4.46. The van der Waals surface area contributed by atoms with Gasteiger partial charge in [0.1, 0.15) is 15.7 Å². The smallest absolute Gasteiger partial charge is 0.265 e. The fourth-order valence-electron chi connectivity index (χ4n) is 3.35. The standard InChI is InChI=1S/C20H20FN3O3S3/c1-13-18(29-19(22-13)14-8-11-28-12-14)20(25)24-9-6-16(7-10-24)23-30(26,27)17-4-2-15(21)3-5-17/h2-5,8,11-12,16,23H,6-7,9-10H2,1H3. The van der Waals surface area contributed by atoms with Crippen LogP contribution in [0.4, 0.5) is 4.39 Å². The fraction of sp³-hybridized carbons (Fsp3) is 0.300. The van der Waals surface area contributed by atoms with E-state index in [-0.39, 0.29) is 16.8 Å². The Morgan fingerprint density at radius 2 is 1.90 bits per heavy atom. The number of carbonyl (C=O) groups is 1. The Morgan fingerprint density at radius 3 is 2.53 bits per heavy atom. The molecule has 1 aliphatic heterocycles. The number of benzene rings is 1. The number of nitrogens with zero attached hydrogens (tertiary/aromatic N) is 2. The minimum absolute atomic E-state index is 0.0312. The summed E-state index contributed by atoms with van der Waals surface area (Å²) in [5.74, 6) is -0.549. The summed E-state index contributed by atoms with van der Waals surface area (Å²) < 4.78 is 40.7. The molecule has 3 heterocycles. The van der Waals surface area contributed by atoms with Gasteiger partial charge in [-0.1, -0.05) is 0 Å². The molecular formula is C20H20FN3O3S3. The van der Waals surface area contributed by atoms with Crippen molar-refractivity contribution in [1.82, 2.24) is 14.6 Å². The van der Waals surface area contributed by atoms with Crippen molar-refractivity contribution in [1.29, 1.82) is 0 Å². The van der Waals surface area contributed by atoms with Crippen LogP contribution in [-0.2, 0) is 10.0 Å². The number of thiazole rings is 1. The van der Waals surface area contributed by atoms with Gasteiger partial charge in [-0.25, -0.2) is 22.5 Å². The molecule has 1 fully saturated rings. The van der Waals surface area contributed by atoms with Gasteiger partial charge < -0.3 is 4.90 Å². The van der Waals surface area contributed by atoms with Crippen LogP contribution in [0.5, 0.6) is 0 Å². The van der Waals surface area contributed by atoms with Gasteiger partial charge in [-0.3, -0.25) is 4.79 Å². The lowest BCUT2D eigenvalue weighted by Gasteiger charge is -2.32. The number of sulfonamides is 1. The highest BCUT2D eigenvalue weighted by Crippen LogP contribution is 2.30. The van der Waals surface area contributed by atoms with Crippen LogP contribution in [0, 0.1) is 12.7 Å². The van der Waals surface area contributed by atoms with Crippen molar-refractivity contribution in [2.24, 2.45) is 0 Å². The van der Waals surface area contributed by atoms with Gasteiger partial charge in [0.15, 0.2) is 0 Å².